The van der Waals surface area contributed by atoms with Crippen molar-refractivity contribution in [2.75, 3.05) is 13.1 Å². The molecule has 0 aromatic rings. The SMILES string of the molecule is CC1CCN(C(=O)NC2CCCNC2=O)C1C(=O)O. The van der Waals surface area contributed by atoms with Gasteiger partial charge in [-0.05, 0) is 25.2 Å². The highest BCUT2D eigenvalue weighted by atomic mass is 16.4. The Morgan fingerprint density at radius 1 is 1.42 bits per heavy atom. The summed E-state index contributed by atoms with van der Waals surface area (Å²) in [5.41, 5.74) is 0. The summed E-state index contributed by atoms with van der Waals surface area (Å²) in [6.45, 7) is 2.86. The average Bonchev–Trinajstić information content (AvgIpc) is 2.74. The van der Waals surface area contributed by atoms with Crippen molar-refractivity contribution >= 4 is 17.9 Å². The minimum atomic E-state index is -0.992. The van der Waals surface area contributed by atoms with Gasteiger partial charge in [0, 0.05) is 13.1 Å². The molecule has 2 heterocycles. The number of aliphatic carboxylic acids is 1. The second-order valence-electron chi connectivity index (χ2n) is 5.18. The zero-order chi connectivity index (χ0) is 14.0. The molecule has 0 aliphatic carbocycles. The number of nitrogens with zero attached hydrogens (tertiary/aromatic N) is 1. The molecular formula is C12H19N3O4. The van der Waals surface area contributed by atoms with Gasteiger partial charge in [-0.3, -0.25) is 4.79 Å². The molecule has 0 radical (unpaired) electrons. The van der Waals surface area contributed by atoms with Crippen molar-refractivity contribution in [3.05, 3.63) is 0 Å². The number of hydrogen-bond acceptors (Lipinski definition) is 3. The van der Waals surface area contributed by atoms with E-state index in [1.807, 2.05) is 6.92 Å². The maximum Gasteiger partial charge on any atom is 0.326 e. The number of nitrogens with one attached hydrogen (secondary N) is 2. The molecule has 3 atom stereocenters. The Labute approximate surface area is 111 Å². The molecular weight excluding hydrogens is 250 g/mol. The third kappa shape index (κ3) is 2.80. The van der Waals surface area contributed by atoms with Crippen molar-refractivity contribution in [2.45, 2.75) is 38.3 Å². The quantitative estimate of drug-likeness (QED) is 0.645. The summed E-state index contributed by atoms with van der Waals surface area (Å²) in [7, 11) is 0. The maximum atomic E-state index is 12.1. The van der Waals surface area contributed by atoms with Crippen molar-refractivity contribution in [3.8, 4) is 0 Å². The lowest BCUT2D eigenvalue weighted by molar-refractivity contribution is -0.142. The second kappa shape index (κ2) is 5.46. The van der Waals surface area contributed by atoms with Crippen LogP contribution in [0.3, 0.4) is 0 Å². The van der Waals surface area contributed by atoms with E-state index in [0.29, 0.717) is 25.9 Å². The van der Waals surface area contributed by atoms with E-state index in [2.05, 4.69) is 10.6 Å². The summed E-state index contributed by atoms with van der Waals surface area (Å²) in [6.07, 6.45) is 2.08. The number of carboxylic acid groups (broad SMARTS) is 1. The number of carbonyl (C=O) groups is 3. The van der Waals surface area contributed by atoms with E-state index in [1.54, 1.807) is 0 Å². The standard InChI is InChI=1S/C12H19N3O4/c1-7-4-6-15(9(7)11(17)18)12(19)14-8-3-2-5-13-10(8)16/h7-9H,2-6H2,1H3,(H,13,16)(H,14,19)(H,17,18). The Kier molecular flexibility index (Phi) is 3.92. The fraction of sp³-hybridized carbons (Fsp3) is 0.750. The molecule has 2 rings (SSSR count). The Morgan fingerprint density at radius 2 is 2.16 bits per heavy atom. The first-order valence-corrected chi connectivity index (χ1v) is 6.58. The number of urea groups is 1. The normalized spacial score (nSPS) is 30.9. The molecule has 7 nitrogen and oxygen atoms in total. The molecule has 7 heteroatoms. The van der Waals surface area contributed by atoms with E-state index in [9.17, 15) is 14.4 Å². The van der Waals surface area contributed by atoms with E-state index in [-0.39, 0.29) is 11.8 Å². The van der Waals surface area contributed by atoms with Crippen molar-refractivity contribution in [3.63, 3.8) is 0 Å². The van der Waals surface area contributed by atoms with Gasteiger partial charge in [-0.25, -0.2) is 9.59 Å². The van der Waals surface area contributed by atoms with Gasteiger partial charge in [0.2, 0.25) is 5.91 Å². The van der Waals surface area contributed by atoms with Crippen LogP contribution in [0.25, 0.3) is 0 Å². The molecule has 0 spiro atoms. The molecule has 0 saturated carbocycles. The van der Waals surface area contributed by atoms with E-state index in [1.165, 1.54) is 4.90 Å². The Morgan fingerprint density at radius 3 is 2.79 bits per heavy atom. The van der Waals surface area contributed by atoms with E-state index in [4.69, 9.17) is 5.11 Å². The minimum Gasteiger partial charge on any atom is -0.480 e. The molecule has 0 aromatic heterocycles. The number of piperidine rings is 1. The van der Waals surface area contributed by atoms with Crippen LogP contribution in [0.2, 0.25) is 0 Å². The molecule has 3 unspecified atom stereocenters. The van der Waals surface area contributed by atoms with Crippen LogP contribution in [-0.2, 0) is 9.59 Å². The topological polar surface area (TPSA) is 98.7 Å². The number of carboxylic acids is 1. The van der Waals surface area contributed by atoms with Gasteiger partial charge in [-0.2, -0.15) is 0 Å². The lowest BCUT2D eigenvalue weighted by Crippen LogP contribution is -2.55. The monoisotopic (exact) mass is 269 g/mol. The molecule has 2 saturated heterocycles. The zero-order valence-corrected chi connectivity index (χ0v) is 10.9. The molecule has 0 bridgehead atoms. The molecule has 19 heavy (non-hydrogen) atoms. The fourth-order valence-electron chi connectivity index (χ4n) is 2.69. The molecule has 3 N–H and O–H groups in total. The Bertz CT molecular complexity index is 398. The summed E-state index contributed by atoms with van der Waals surface area (Å²) in [6, 6.07) is -1.81. The third-order valence-electron chi connectivity index (χ3n) is 3.80. The molecule has 2 fully saturated rings. The van der Waals surface area contributed by atoms with Crippen LogP contribution < -0.4 is 10.6 Å². The molecule has 2 aliphatic heterocycles. The maximum absolute atomic E-state index is 12.1. The molecule has 2 aliphatic rings. The minimum absolute atomic E-state index is 0.0663. The van der Waals surface area contributed by atoms with E-state index < -0.39 is 24.1 Å². The summed E-state index contributed by atoms with van der Waals surface area (Å²) >= 11 is 0. The van der Waals surface area contributed by atoms with Gasteiger partial charge in [0.25, 0.3) is 0 Å². The van der Waals surface area contributed by atoms with Crippen molar-refractivity contribution < 1.29 is 19.5 Å². The van der Waals surface area contributed by atoms with Crippen molar-refractivity contribution in [1.82, 2.24) is 15.5 Å². The summed E-state index contributed by atoms with van der Waals surface area (Å²) in [4.78, 5) is 36.2. The van der Waals surface area contributed by atoms with Crippen LogP contribution >= 0.6 is 0 Å². The van der Waals surface area contributed by atoms with Gasteiger partial charge in [0.1, 0.15) is 12.1 Å². The van der Waals surface area contributed by atoms with E-state index in [0.717, 1.165) is 6.42 Å². The first-order chi connectivity index (χ1) is 9.00. The summed E-state index contributed by atoms with van der Waals surface area (Å²) in [5.74, 6) is -1.25. The smallest absolute Gasteiger partial charge is 0.326 e. The number of rotatable bonds is 2. The van der Waals surface area contributed by atoms with Gasteiger partial charge in [-0.15, -0.1) is 0 Å². The van der Waals surface area contributed by atoms with Crippen LogP contribution in [0.15, 0.2) is 0 Å². The lowest BCUT2D eigenvalue weighted by Gasteiger charge is -2.28. The highest BCUT2D eigenvalue weighted by molar-refractivity contribution is 5.89. The highest BCUT2D eigenvalue weighted by Crippen LogP contribution is 2.24. The first-order valence-electron chi connectivity index (χ1n) is 6.58. The molecule has 0 aromatic carbocycles. The van der Waals surface area contributed by atoms with Gasteiger partial charge in [-0.1, -0.05) is 6.92 Å². The Hall–Kier alpha value is -1.79. The highest BCUT2D eigenvalue weighted by Gasteiger charge is 2.40. The van der Waals surface area contributed by atoms with Crippen LogP contribution in [-0.4, -0.2) is 53.1 Å². The van der Waals surface area contributed by atoms with Crippen LogP contribution in [0, 0.1) is 5.92 Å². The third-order valence-corrected chi connectivity index (χ3v) is 3.80. The Balaban J connectivity index is 1.99. The number of amides is 3. The summed E-state index contributed by atoms with van der Waals surface area (Å²) < 4.78 is 0. The zero-order valence-electron chi connectivity index (χ0n) is 10.9. The summed E-state index contributed by atoms with van der Waals surface area (Å²) in [5, 5.41) is 14.5. The molecule has 3 amide bonds. The number of carbonyl (C=O) groups excluding carboxylic acids is 2. The first kappa shape index (κ1) is 13.6. The van der Waals surface area contributed by atoms with Crippen LogP contribution in [0.4, 0.5) is 4.79 Å². The number of hydrogen-bond donors (Lipinski definition) is 3. The lowest BCUT2D eigenvalue weighted by atomic mass is 10.0. The predicted molar refractivity (Wildman–Crippen MR) is 66.5 cm³/mol. The second-order valence-corrected chi connectivity index (χ2v) is 5.18. The fourth-order valence-corrected chi connectivity index (χ4v) is 2.69. The predicted octanol–water partition coefficient (Wildman–Crippen LogP) is -0.230. The van der Waals surface area contributed by atoms with Gasteiger partial charge in [0.05, 0.1) is 0 Å². The van der Waals surface area contributed by atoms with Gasteiger partial charge < -0.3 is 20.6 Å². The average molecular weight is 269 g/mol. The van der Waals surface area contributed by atoms with Crippen molar-refractivity contribution in [2.24, 2.45) is 5.92 Å². The van der Waals surface area contributed by atoms with Crippen molar-refractivity contribution in [1.29, 1.82) is 0 Å². The largest absolute Gasteiger partial charge is 0.480 e. The van der Waals surface area contributed by atoms with E-state index >= 15 is 0 Å². The van der Waals surface area contributed by atoms with Crippen LogP contribution in [0.5, 0.6) is 0 Å². The van der Waals surface area contributed by atoms with Gasteiger partial charge in [0.15, 0.2) is 0 Å². The van der Waals surface area contributed by atoms with Gasteiger partial charge >= 0.3 is 12.0 Å². The number of likely N-dealkylation sites (tertiary alicyclic amines) is 1. The van der Waals surface area contributed by atoms with Crippen LogP contribution in [0.1, 0.15) is 26.2 Å². The molecule has 106 valence electrons.